The van der Waals surface area contributed by atoms with E-state index in [0.29, 0.717) is 6.04 Å². The first-order valence-electron chi connectivity index (χ1n) is 8.26. The minimum atomic E-state index is 0.360. The van der Waals surface area contributed by atoms with Crippen LogP contribution in [0.2, 0.25) is 0 Å². The first-order chi connectivity index (χ1) is 11.2. The summed E-state index contributed by atoms with van der Waals surface area (Å²) in [7, 11) is 0. The van der Waals surface area contributed by atoms with Crippen molar-refractivity contribution in [2.24, 2.45) is 0 Å². The topological polar surface area (TPSA) is 62.1 Å². The van der Waals surface area contributed by atoms with Crippen molar-refractivity contribution in [3.63, 3.8) is 0 Å². The average Bonchev–Trinajstić information content (AvgIpc) is 3.18. The zero-order valence-electron chi connectivity index (χ0n) is 13.7. The standard InChI is InChI=1S/C17H22N6/c1-12-9-15(20-17-18-6-8-23(12)17)16-5-3-4-7-22(16)11-14-10-19-21-13(14)2/h6,8-10,16H,3-5,7,11H2,1-2H3,(H,19,21)/t16-/m1/s1. The Morgan fingerprint density at radius 2 is 2.22 bits per heavy atom. The number of nitrogens with zero attached hydrogens (tertiary/aromatic N) is 5. The van der Waals surface area contributed by atoms with Gasteiger partial charge in [0.2, 0.25) is 5.78 Å². The fraction of sp³-hybridized carbons (Fsp3) is 0.471. The van der Waals surface area contributed by atoms with Gasteiger partial charge in [0.25, 0.3) is 0 Å². The molecule has 0 aromatic carbocycles. The molecule has 1 N–H and O–H groups in total. The SMILES string of the molecule is Cc1[nH]ncc1CN1CCCC[C@@H]1c1cc(C)n2ccnc2n1. The molecule has 1 saturated heterocycles. The molecule has 6 nitrogen and oxygen atoms in total. The summed E-state index contributed by atoms with van der Waals surface area (Å²) < 4.78 is 2.04. The van der Waals surface area contributed by atoms with E-state index in [0.717, 1.165) is 36.7 Å². The van der Waals surface area contributed by atoms with Gasteiger partial charge in [-0.2, -0.15) is 5.10 Å². The van der Waals surface area contributed by atoms with Crippen LogP contribution in [0.1, 0.15) is 47.9 Å². The minimum Gasteiger partial charge on any atom is -0.290 e. The molecule has 1 atom stereocenters. The van der Waals surface area contributed by atoms with Crippen LogP contribution in [0.25, 0.3) is 5.78 Å². The van der Waals surface area contributed by atoms with Crippen LogP contribution in [0, 0.1) is 13.8 Å². The molecule has 3 aromatic heterocycles. The molecule has 0 radical (unpaired) electrons. The molecular formula is C17H22N6. The summed E-state index contributed by atoms with van der Waals surface area (Å²) in [5.74, 6) is 0.796. The average molecular weight is 310 g/mol. The van der Waals surface area contributed by atoms with Gasteiger partial charge in [-0.05, 0) is 39.3 Å². The van der Waals surface area contributed by atoms with Crippen molar-refractivity contribution >= 4 is 5.78 Å². The van der Waals surface area contributed by atoms with E-state index in [1.54, 1.807) is 0 Å². The lowest BCUT2D eigenvalue weighted by Crippen LogP contribution is -2.33. The van der Waals surface area contributed by atoms with E-state index in [1.165, 1.54) is 24.1 Å². The fourth-order valence-corrected chi connectivity index (χ4v) is 3.52. The van der Waals surface area contributed by atoms with Crippen LogP contribution >= 0.6 is 0 Å². The molecule has 120 valence electrons. The van der Waals surface area contributed by atoms with Gasteiger partial charge in [0, 0.05) is 35.9 Å². The second-order valence-corrected chi connectivity index (χ2v) is 6.42. The molecule has 3 aromatic rings. The second-order valence-electron chi connectivity index (χ2n) is 6.42. The lowest BCUT2D eigenvalue weighted by molar-refractivity contribution is 0.137. The van der Waals surface area contributed by atoms with E-state index in [-0.39, 0.29) is 0 Å². The maximum Gasteiger partial charge on any atom is 0.234 e. The van der Waals surface area contributed by atoms with Crippen molar-refractivity contribution in [2.75, 3.05) is 6.54 Å². The zero-order chi connectivity index (χ0) is 15.8. The number of hydrogen-bond donors (Lipinski definition) is 1. The molecule has 1 aliphatic rings. The molecular weight excluding hydrogens is 288 g/mol. The Morgan fingerprint density at radius 3 is 3.04 bits per heavy atom. The van der Waals surface area contributed by atoms with E-state index in [2.05, 4.69) is 40.0 Å². The van der Waals surface area contributed by atoms with Crippen molar-refractivity contribution in [1.82, 2.24) is 29.5 Å². The number of nitrogens with one attached hydrogen (secondary N) is 1. The van der Waals surface area contributed by atoms with Crippen LogP contribution in [0.5, 0.6) is 0 Å². The number of imidazole rings is 1. The second kappa shape index (κ2) is 5.77. The number of aromatic amines is 1. The van der Waals surface area contributed by atoms with Crippen LogP contribution in [-0.2, 0) is 6.54 Å². The van der Waals surface area contributed by atoms with E-state index >= 15 is 0 Å². The van der Waals surface area contributed by atoms with E-state index in [1.807, 2.05) is 23.0 Å². The Labute approximate surface area is 135 Å². The van der Waals surface area contributed by atoms with Gasteiger partial charge in [0.15, 0.2) is 0 Å². The number of hydrogen-bond acceptors (Lipinski definition) is 4. The molecule has 4 heterocycles. The summed E-state index contributed by atoms with van der Waals surface area (Å²) in [5, 5.41) is 7.19. The predicted octanol–water partition coefficient (Wildman–Crippen LogP) is 2.80. The third-order valence-corrected chi connectivity index (χ3v) is 4.85. The van der Waals surface area contributed by atoms with Gasteiger partial charge in [0.1, 0.15) is 0 Å². The van der Waals surface area contributed by atoms with Crippen molar-refractivity contribution in [3.8, 4) is 0 Å². The minimum absolute atomic E-state index is 0.360. The van der Waals surface area contributed by atoms with Gasteiger partial charge >= 0.3 is 0 Å². The molecule has 0 amide bonds. The third-order valence-electron chi connectivity index (χ3n) is 4.85. The number of rotatable bonds is 3. The number of fused-ring (bicyclic) bond motifs is 1. The van der Waals surface area contributed by atoms with Crippen LogP contribution in [0.3, 0.4) is 0 Å². The van der Waals surface area contributed by atoms with Gasteiger partial charge in [-0.15, -0.1) is 0 Å². The summed E-state index contributed by atoms with van der Waals surface area (Å²) in [6, 6.07) is 2.57. The van der Waals surface area contributed by atoms with Crippen LogP contribution in [0.15, 0.2) is 24.7 Å². The molecule has 0 aliphatic carbocycles. The largest absolute Gasteiger partial charge is 0.290 e. The lowest BCUT2D eigenvalue weighted by atomic mass is 9.98. The molecule has 0 bridgehead atoms. The molecule has 1 fully saturated rings. The molecule has 4 rings (SSSR count). The monoisotopic (exact) mass is 310 g/mol. The van der Waals surface area contributed by atoms with Gasteiger partial charge in [-0.3, -0.25) is 14.4 Å². The van der Waals surface area contributed by atoms with Crippen molar-refractivity contribution < 1.29 is 0 Å². The number of aryl methyl sites for hydroxylation is 2. The Balaban J connectivity index is 1.67. The number of H-pyrrole nitrogens is 1. The third kappa shape index (κ3) is 2.63. The summed E-state index contributed by atoms with van der Waals surface area (Å²) in [6.07, 6.45) is 9.38. The Bertz CT molecular complexity index is 817. The van der Waals surface area contributed by atoms with Gasteiger partial charge in [-0.25, -0.2) is 9.97 Å². The van der Waals surface area contributed by atoms with E-state index < -0.39 is 0 Å². The highest BCUT2D eigenvalue weighted by Gasteiger charge is 2.26. The van der Waals surface area contributed by atoms with Crippen LogP contribution in [0.4, 0.5) is 0 Å². The Morgan fingerprint density at radius 1 is 1.30 bits per heavy atom. The number of likely N-dealkylation sites (tertiary alicyclic amines) is 1. The molecule has 0 saturated carbocycles. The summed E-state index contributed by atoms with van der Waals surface area (Å²) in [5.41, 5.74) is 4.76. The quantitative estimate of drug-likeness (QED) is 0.808. The highest BCUT2D eigenvalue weighted by molar-refractivity contribution is 5.33. The van der Waals surface area contributed by atoms with E-state index in [9.17, 15) is 0 Å². The first-order valence-corrected chi connectivity index (χ1v) is 8.26. The van der Waals surface area contributed by atoms with Crippen molar-refractivity contribution in [1.29, 1.82) is 0 Å². The van der Waals surface area contributed by atoms with E-state index in [4.69, 9.17) is 4.98 Å². The summed E-state index contributed by atoms with van der Waals surface area (Å²) >= 11 is 0. The summed E-state index contributed by atoms with van der Waals surface area (Å²) in [6.45, 7) is 6.23. The normalized spacial score (nSPS) is 19.5. The predicted molar refractivity (Wildman–Crippen MR) is 88.1 cm³/mol. The molecule has 23 heavy (non-hydrogen) atoms. The Hall–Kier alpha value is -2.21. The van der Waals surface area contributed by atoms with Gasteiger partial charge in [0.05, 0.1) is 17.9 Å². The zero-order valence-corrected chi connectivity index (χ0v) is 13.7. The Kier molecular flexibility index (Phi) is 3.61. The smallest absolute Gasteiger partial charge is 0.234 e. The highest BCUT2D eigenvalue weighted by atomic mass is 15.2. The van der Waals surface area contributed by atoms with Gasteiger partial charge in [-0.1, -0.05) is 6.42 Å². The maximum absolute atomic E-state index is 4.81. The molecule has 0 unspecified atom stereocenters. The highest BCUT2D eigenvalue weighted by Crippen LogP contribution is 2.32. The molecule has 1 aliphatic heterocycles. The number of aromatic nitrogens is 5. The van der Waals surface area contributed by atoms with Crippen LogP contribution in [-0.4, -0.2) is 36.0 Å². The van der Waals surface area contributed by atoms with Crippen molar-refractivity contribution in [2.45, 2.75) is 45.7 Å². The molecule has 6 heteroatoms. The first kappa shape index (κ1) is 14.4. The van der Waals surface area contributed by atoms with Gasteiger partial charge < -0.3 is 0 Å². The van der Waals surface area contributed by atoms with Crippen molar-refractivity contribution in [3.05, 3.63) is 47.3 Å². The molecule has 0 spiro atoms. The maximum atomic E-state index is 4.81. The lowest BCUT2D eigenvalue weighted by Gasteiger charge is -2.35. The van der Waals surface area contributed by atoms with Crippen LogP contribution < -0.4 is 0 Å². The summed E-state index contributed by atoms with van der Waals surface area (Å²) in [4.78, 5) is 11.7. The number of piperidine rings is 1. The fourth-order valence-electron chi connectivity index (χ4n) is 3.52.